The molecule has 1 atom stereocenters. The maximum absolute atomic E-state index is 11.2. The largest absolute Gasteiger partial charge is 0.508 e. The minimum atomic E-state index is -0.497. The minimum Gasteiger partial charge on any atom is -0.508 e. The van der Waals surface area contributed by atoms with E-state index in [9.17, 15) is 10.2 Å². The molecule has 0 saturated heterocycles. The predicted molar refractivity (Wildman–Crippen MR) is 163 cm³/mol. The number of phenols is 2. The Balaban J connectivity index is 1.51. The second kappa shape index (κ2) is 9.38. The number of rotatable bonds is 3. The van der Waals surface area contributed by atoms with Crippen LogP contribution in [0.2, 0.25) is 0 Å². The van der Waals surface area contributed by atoms with Crippen molar-refractivity contribution < 1.29 is 10.2 Å². The first-order valence-electron chi connectivity index (χ1n) is 13.5. The maximum Gasteiger partial charge on any atom is 0.179 e. The van der Waals surface area contributed by atoms with Crippen LogP contribution in [0.5, 0.6) is 11.5 Å². The van der Waals surface area contributed by atoms with Gasteiger partial charge in [-0.1, -0.05) is 36.4 Å². The highest BCUT2D eigenvalue weighted by atomic mass is 16.3. The normalized spacial score (nSPS) is 15.4. The van der Waals surface area contributed by atoms with Crippen LogP contribution in [0.1, 0.15) is 34.0 Å². The fraction of sp³-hybridized carbons (Fsp3) is 0.121. The lowest BCUT2D eigenvalue weighted by molar-refractivity contribution is 0.444. The van der Waals surface area contributed by atoms with Crippen LogP contribution in [0.25, 0.3) is 5.69 Å². The van der Waals surface area contributed by atoms with E-state index < -0.39 is 6.04 Å². The van der Waals surface area contributed by atoms with Gasteiger partial charge in [0.1, 0.15) is 11.5 Å². The highest BCUT2D eigenvalue weighted by molar-refractivity contribution is 6.51. The van der Waals surface area contributed by atoms with Crippen LogP contribution in [0.3, 0.4) is 0 Å². The van der Waals surface area contributed by atoms with E-state index in [0.29, 0.717) is 23.1 Å². The van der Waals surface area contributed by atoms with Gasteiger partial charge in [0.05, 0.1) is 28.8 Å². The van der Waals surface area contributed by atoms with Gasteiger partial charge in [-0.25, -0.2) is 14.7 Å². The van der Waals surface area contributed by atoms with Crippen molar-refractivity contribution in [1.82, 2.24) is 9.78 Å². The van der Waals surface area contributed by atoms with Crippen LogP contribution in [-0.4, -0.2) is 31.7 Å². The zero-order valence-corrected chi connectivity index (χ0v) is 22.9. The summed E-state index contributed by atoms with van der Waals surface area (Å²) >= 11 is 0. The number of aromatic nitrogens is 2. The van der Waals surface area contributed by atoms with Crippen molar-refractivity contribution in [3.8, 4) is 17.2 Å². The summed E-state index contributed by atoms with van der Waals surface area (Å²) in [5.41, 5.74) is 7.96. The van der Waals surface area contributed by atoms with Crippen molar-refractivity contribution in [3.63, 3.8) is 0 Å². The molecule has 41 heavy (non-hydrogen) atoms. The molecular formula is C33H28N6O2. The van der Waals surface area contributed by atoms with Crippen molar-refractivity contribution in [3.05, 3.63) is 119 Å². The Morgan fingerprint density at radius 3 is 2.27 bits per heavy atom. The van der Waals surface area contributed by atoms with E-state index in [1.165, 1.54) is 6.07 Å². The molecule has 7 rings (SSSR count). The quantitative estimate of drug-likeness (QED) is 0.229. The zero-order chi connectivity index (χ0) is 28.2. The first kappa shape index (κ1) is 24.7. The third kappa shape index (κ3) is 4.12. The van der Waals surface area contributed by atoms with Gasteiger partial charge in [-0.15, -0.1) is 0 Å². The Kier molecular flexibility index (Phi) is 5.64. The molecule has 1 aromatic heterocycles. The molecule has 2 aliphatic heterocycles. The molecule has 0 unspecified atom stereocenters. The Labute approximate surface area is 237 Å². The van der Waals surface area contributed by atoms with E-state index in [4.69, 9.17) is 15.1 Å². The number of para-hydroxylation sites is 3. The Bertz CT molecular complexity index is 1870. The van der Waals surface area contributed by atoms with E-state index in [1.807, 2.05) is 66.2 Å². The molecule has 5 aromatic rings. The minimum absolute atomic E-state index is 0.00865. The maximum atomic E-state index is 11.2. The summed E-state index contributed by atoms with van der Waals surface area (Å²) in [7, 11) is 0. The van der Waals surface area contributed by atoms with E-state index in [1.54, 1.807) is 12.1 Å². The zero-order valence-electron chi connectivity index (χ0n) is 22.9. The van der Waals surface area contributed by atoms with E-state index in [-0.39, 0.29) is 11.5 Å². The number of nitrogens with one attached hydrogen (secondary N) is 1. The second-order valence-corrected chi connectivity index (χ2v) is 10.5. The highest BCUT2D eigenvalue weighted by Crippen LogP contribution is 2.50. The van der Waals surface area contributed by atoms with E-state index in [2.05, 4.69) is 42.3 Å². The standard InChI is InChI=1S/C33H28N6O2/c1-19-15-20(2)17-22(16-19)34-31-33-36-32-29(21(3)37-39(32)23-9-5-4-6-10-23)30(25-14-13-24(40)18-28(25)41)38(33)27-12-8-7-11-26(27)35-31/h4-18,30,40-41H,1-3H3,(H,34,35)/t30-/m0/s1. The number of aromatic hydroxyl groups is 2. The number of phenolic OH excluding ortho intramolecular Hbond substituents is 2. The summed E-state index contributed by atoms with van der Waals surface area (Å²) in [4.78, 5) is 12.4. The van der Waals surface area contributed by atoms with Gasteiger partial charge in [0.15, 0.2) is 17.5 Å². The van der Waals surface area contributed by atoms with Gasteiger partial charge >= 0.3 is 0 Å². The van der Waals surface area contributed by atoms with Crippen molar-refractivity contribution >= 4 is 34.6 Å². The summed E-state index contributed by atoms with van der Waals surface area (Å²) in [5, 5.41) is 29.8. The SMILES string of the molecule is Cc1cc(C)cc(NC2=Nc3ccccc3N3C2=Nc2c(c(C)nn2-c2ccccc2)[C@@H]3c2ccc(O)cc2O)c1. The topological polar surface area (TPSA) is 98.3 Å². The number of aliphatic imine (C=N–C) groups is 2. The van der Waals surface area contributed by atoms with Gasteiger partial charge in [-0.2, -0.15) is 5.10 Å². The fourth-order valence-electron chi connectivity index (χ4n) is 5.79. The van der Waals surface area contributed by atoms with E-state index in [0.717, 1.165) is 45.1 Å². The molecule has 0 radical (unpaired) electrons. The van der Waals surface area contributed by atoms with Crippen LogP contribution < -0.4 is 10.2 Å². The van der Waals surface area contributed by atoms with Crippen LogP contribution in [0.4, 0.5) is 22.9 Å². The third-order valence-electron chi connectivity index (χ3n) is 7.43. The van der Waals surface area contributed by atoms with Gasteiger partial charge in [-0.3, -0.25) is 0 Å². The van der Waals surface area contributed by atoms with Gasteiger partial charge < -0.3 is 20.4 Å². The molecule has 0 bridgehead atoms. The van der Waals surface area contributed by atoms with Crippen molar-refractivity contribution in [2.24, 2.45) is 9.98 Å². The Hall–Kier alpha value is -5.37. The van der Waals surface area contributed by atoms with Crippen molar-refractivity contribution in [1.29, 1.82) is 0 Å². The number of fused-ring (bicyclic) bond motifs is 4. The lowest BCUT2D eigenvalue weighted by Gasteiger charge is -2.40. The first-order chi connectivity index (χ1) is 19.9. The summed E-state index contributed by atoms with van der Waals surface area (Å²) in [6, 6.07) is 28.3. The molecule has 3 heterocycles. The van der Waals surface area contributed by atoms with Crippen LogP contribution in [0, 0.1) is 20.8 Å². The van der Waals surface area contributed by atoms with Gasteiger partial charge in [0, 0.05) is 22.9 Å². The van der Waals surface area contributed by atoms with Crippen LogP contribution >= 0.6 is 0 Å². The van der Waals surface area contributed by atoms with Crippen LogP contribution in [0.15, 0.2) is 101 Å². The highest BCUT2D eigenvalue weighted by Gasteiger charge is 2.42. The lowest BCUT2D eigenvalue weighted by atomic mass is 9.92. The molecule has 8 heteroatoms. The molecule has 0 saturated carbocycles. The summed E-state index contributed by atoms with van der Waals surface area (Å²) < 4.78 is 1.84. The predicted octanol–water partition coefficient (Wildman–Crippen LogP) is 7.00. The Morgan fingerprint density at radius 2 is 1.51 bits per heavy atom. The number of hydrogen-bond acceptors (Lipinski definition) is 7. The molecule has 8 nitrogen and oxygen atoms in total. The number of nitrogens with zero attached hydrogens (tertiary/aromatic N) is 5. The molecule has 0 aliphatic carbocycles. The fourth-order valence-corrected chi connectivity index (χ4v) is 5.79. The average molecular weight is 541 g/mol. The summed E-state index contributed by atoms with van der Waals surface area (Å²) in [6.45, 7) is 6.09. The molecule has 0 spiro atoms. The molecule has 3 N–H and O–H groups in total. The molecule has 0 amide bonds. The summed E-state index contributed by atoms with van der Waals surface area (Å²) in [6.07, 6.45) is 0. The number of aryl methyl sites for hydroxylation is 3. The summed E-state index contributed by atoms with van der Waals surface area (Å²) in [5.74, 6) is 1.82. The van der Waals surface area contributed by atoms with Crippen molar-refractivity contribution in [2.45, 2.75) is 26.8 Å². The monoisotopic (exact) mass is 540 g/mol. The van der Waals surface area contributed by atoms with Gasteiger partial charge in [0.2, 0.25) is 0 Å². The lowest BCUT2D eigenvalue weighted by Crippen LogP contribution is -2.46. The van der Waals surface area contributed by atoms with Crippen molar-refractivity contribution in [2.75, 3.05) is 10.2 Å². The number of amidine groups is 2. The first-order valence-corrected chi connectivity index (χ1v) is 13.5. The molecule has 0 fully saturated rings. The molecule has 202 valence electrons. The third-order valence-corrected chi connectivity index (χ3v) is 7.43. The average Bonchev–Trinajstić information content (AvgIpc) is 3.28. The molecular weight excluding hydrogens is 512 g/mol. The second-order valence-electron chi connectivity index (χ2n) is 10.5. The smallest absolute Gasteiger partial charge is 0.179 e. The number of anilines is 2. The number of benzene rings is 4. The van der Waals surface area contributed by atoms with Gasteiger partial charge in [0.25, 0.3) is 0 Å². The molecule has 4 aromatic carbocycles. The van der Waals surface area contributed by atoms with E-state index >= 15 is 0 Å². The Morgan fingerprint density at radius 1 is 0.780 bits per heavy atom. The molecule has 2 aliphatic rings. The van der Waals surface area contributed by atoms with Crippen LogP contribution in [-0.2, 0) is 0 Å². The van der Waals surface area contributed by atoms with Gasteiger partial charge in [-0.05, 0) is 80.4 Å². The number of hydrogen-bond donors (Lipinski definition) is 3.